The molecule has 5 rings (SSSR count). The first-order valence-corrected chi connectivity index (χ1v) is 13.8. The maximum atomic E-state index is 13.7. The molecule has 1 amide bonds. The van der Waals surface area contributed by atoms with Crippen LogP contribution in [0, 0.1) is 18.8 Å². The number of nitrogens with zero attached hydrogens (tertiary/aromatic N) is 6. The molecule has 3 aromatic heterocycles. The quantitative estimate of drug-likeness (QED) is 0.288. The van der Waals surface area contributed by atoms with Crippen LogP contribution in [0.4, 0.5) is 5.82 Å². The van der Waals surface area contributed by atoms with Gasteiger partial charge in [-0.25, -0.2) is 19.0 Å². The second-order valence-electron chi connectivity index (χ2n) is 10.7. The lowest BCUT2D eigenvalue weighted by Gasteiger charge is -2.32. The average molecular weight is 529 g/mol. The van der Waals surface area contributed by atoms with E-state index < -0.39 is 5.97 Å². The van der Waals surface area contributed by atoms with Gasteiger partial charge in [0.1, 0.15) is 5.56 Å². The van der Waals surface area contributed by atoms with Crippen molar-refractivity contribution in [1.29, 1.82) is 0 Å². The predicted molar refractivity (Wildman–Crippen MR) is 150 cm³/mol. The van der Waals surface area contributed by atoms with Crippen LogP contribution in [0.25, 0.3) is 22.6 Å². The van der Waals surface area contributed by atoms with Gasteiger partial charge < -0.3 is 4.74 Å². The minimum Gasteiger partial charge on any atom is -0.462 e. The van der Waals surface area contributed by atoms with E-state index in [9.17, 15) is 9.59 Å². The van der Waals surface area contributed by atoms with Crippen molar-refractivity contribution in [3.63, 3.8) is 0 Å². The van der Waals surface area contributed by atoms with E-state index in [1.165, 1.54) is 0 Å². The smallest absolute Gasteiger partial charge is 0.343 e. The summed E-state index contributed by atoms with van der Waals surface area (Å²) in [6.45, 7) is 10.1. The number of carbonyl (C=O) groups is 2. The molecule has 9 heteroatoms. The summed E-state index contributed by atoms with van der Waals surface area (Å²) < 4.78 is 8.82. The van der Waals surface area contributed by atoms with Crippen molar-refractivity contribution in [3.05, 3.63) is 60.0 Å². The Bertz CT molecular complexity index is 1480. The van der Waals surface area contributed by atoms with Crippen LogP contribution in [0.3, 0.4) is 0 Å². The van der Waals surface area contributed by atoms with Gasteiger partial charge in [-0.3, -0.25) is 9.69 Å². The van der Waals surface area contributed by atoms with Crippen LogP contribution < -0.4 is 4.90 Å². The fourth-order valence-electron chi connectivity index (χ4n) is 5.28. The zero-order valence-corrected chi connectivity index (χ0v) is 23.3. The number of amides is 1. The molecule has 0 aliphatic heterocycles. The minimum absolute atomic E-state index is 0.0267. The lowest BCUT2D eigenvalue weighted by molar-refractivity contribution is -0.124. The van der Waals surface area contributed by atoms with Gasteiger partial charge >= 0.3 is 5.97 Å². The van der Waals surface area contributed by atoms with Crippen LogP contribution in [0.2, 0.25) is 0 Å². The number of rotatable bonds is 7. The number of aromatic nitrogens is 5. The van der Waals surface area contributed by atoms with E-state index in [-0.39, 0.29) is 30.0 Å². The highest BCUT2D eigenvalue weighted by atomic mass is 16.5. The number of aryl methyl sites for hydroxylation is 1. The van der Waals surface area contributed by atoms with Crippen molar-refractivity contribution in [1.82, 2.24) is 24.4 Å². The summed E-state index contributed by atoms with van der Waals surface area (Å²) in [6.07, 6.45) is 7.23. The Kier molecular flexibility index (Phi) is 7.50. The molecule has 1 saturated carbocycles. The van der Waals surface area contributed by atoms with Crippen molar-refractivity contribution >= 4 is 23.3 Å². The van der Waals surface area contributed by atoms with Crippen LogP contribution in [0.15, 0.2) is 48.8 Å². The molecular formula is C30H36N6O3. The van der Waals surface area contributed by atoms with E-state index in [0.717, 1.165) is 54.0 Å². The summed E-state index contributed by atoms with van der Waals surface area (Å²) in [7, 11) is 0. The van der Waals surface area contributed by atoms with Gasteiger partial charge in [0, 0.05) is 41.7 Å². The second kappa shape index (κ2) is 11.0. The summed E-state index contributed by atoms with van der Waals surface area (Å²) in [6, 6.07) is 11.5. The maximum absolute atomic E-state index is 13.7. The third-order valence-electron chi connectivity index (χ3n) is 7.51. The van der Waals surface area contributed by atoms with E-state index >= 15 is 0 Å². The molecule has 0 saturated heterocycles. The zero-order valence-electron chi connectivity index (χ0n) is 23.3. The molecule has 4 aromatic rings. The Labute approximate surface area is 228 Å². The maximum Gasteiger partial charge on any atom is 0.343 e. The topological polar surface area (TPSA) is 94.6 Å². The SMILES string of the molecule is CCOC(=O)c1cn(-c2ccc(-c3cc4nccc(C)n4n3)cc2)nc1N(C(=O)C1CCC(C)CC1)C(C)C. The third-order valence-corrected chi connectivity index (χ3v) is 7.51. The fourth-order valence-corrected chi connectivity index (χ4v) is 5.28. The largest absolute Gasteiger partial charge is 0.462 e. The number of hydrogen-bond acceptors (Lipinski definition) is 6. The molecule has 1 aliphatic carbocycles. The van der Waals surface area contributed by atoms with Crippen molar-refractivity contribution in [2.75, 3.05) is 11.5 Å². The normalized spacial score (nSPS) is 17.5. The highest BCUT2D eigenvalue weighted by Gasteiger charge is 2.34. The summed E-state index contributed by atoms with van der Waals surface area (Å²) in [5.74, 6) is 0.460. The van der Waals surface area contributed by atoms with Crippen molar-refractivity contribution in [2.24, 2.45) is 11.8 Å². The summed E-state index contributed by atoms with van der Waals surface area (Å²) in [4.78, 5) is 32.8. The average Bonchev–Trinajstić information content (AvgIpc) is 3.55. The Morgan fingerprint density at radius 2 is 1.79 bits per heavy atom. The Morgan fingerprint density at radius 1 is 1.08 bits per heavy atom. The zero-order chi connectivity index (χ0) is 27.7. The number of carbonyl (C=O) groups excluding carboxylic acids is 2. The number of fused-ring (bicyclic) bond motifs is 1. The molecule has 1 aromatic carbocycles. The van der Waals surface area contributed by atoms with E-state index in [4.69, 9.17) is 9.84 Å². The number of anilines is 1. The molecule has 1 fully saturated rings. The van der Waals surface area contributed by atoms with Gasteiger partial charge in [-0.1, -0.05) is 19.1 Å². The van der Waals surface area contributed by atoms with Gasteiger partial charge in [0.2, 0.25) is 5.91 Å². The standard InChI is InChI=1S/C30H36N6O3/c1-6-39-30(38)25-18-34(33-28(25)35(19(2)3)29(37)23-9-7-20(4)8-10-23)24-13-11-22(12-14-24)26-17-27-31-16-15-21(5)36(27)32-26/h11-20,23H,6-10H2,1-5H3. The van der Waals surface area contributed by atoms with Crippen LogP contribution in [0.5, 0.6) is 0 Å². The molecule has 204 valence electrons. The second-order valence-corrected chi connectivity index (χ2v) is 10.7. The van der Waals surface area contributed by atoms with E-state index in [0.29, 0.717) is 11.7 Å². The molecule has 0 unspecified atom stereocenters. The van der Waals surface area contributed by atoms with Gasteiger partial charge in [-0.05, 0) is 77.5 Å². The molecule has 0 radical (unpaired) electrons. The first kappa shape index (κ1) is 26.6. The summed E-state index contributed by atoms with van der Waals surface area (Å²) in [5.41, 5.74) is 4.59. The molecular weight excluding hydrogens is 492 g/mol. The van der Waals surface area contributed by atoms with E-state index in [1.54, 1.807) is 28.9 Å². The summed E-state index contributed by atoms with van der Waals surface area (Å²) in [5, 5.41) is 9.46. The highest BCUT2D eigenvalue weighted by molar-refractivity contribution is 6.02. The number of hydrogen-bond donors (Lipinski definition) is 0. The monoisotopic (exact) mass is 528 g/mol. The van der Waals surface area contributed by atoms with Crippen LogP contribution >= 0.6 is 0 Å². The van der Waals surface area contributed by atoms with Crippen molar-refractivity contribution < 1.29 is 14.3 Å². The van der Waals surface area contributed by atoms with Crippen LogP contribution in [-0.2, 0) is 9.53 Å². The molecule has 9 nitrogen and oxygen atoms in total. The fraction of sp³-hybridized carbons (Fsp3) is 0.433. The number of esters is 1. The van der Waals surface area contributed by atoms with Crippen molar-refractivity contribution in [3.8, 4) is 16.9 Å². The molecule has 0 spiro atoms. The molecule has 0 bridgehead atoms. The first-order chi connectivity index (χ1) is 18.8. The minimum atomic E-state index is -0.487. The van der Waals surface area contributed by atoms with E-state index in [1.807, 2.05) is 61.7 Å². The van der Waals surface area contributed by atoms with Gasteiger partial charge in [-0.15, -0.1) is 5.10 Å². The third kappa shape index (κ3) is 5.30. The lowest BCUT2D eigenvalue weighted by atomic mass is 9.82. The molecule has 0 atom stereocenters. The van der Waals surface area contributed by atoms with Crippen molar-refractivity contribution in [2.45, 2.75) is 66.3 Å². The Balaban J connectivity index is 1.49. The van der Waals surface area contributed by atoms with Gasteiger partial charge in [-0.2, -0.15) is 5.10 Å². The lowest BCUT2D eigenvalue weighted by Crippen LogP contribution is -2.43. The van der Waals surface area contributed by atoms with Crippen LogP contribution in [0.1, 0.15) is 69.4 Å². The summed E-state index contributed by atoms with van der Waals surface area (Å²) >= 11 is 0. The number of ether oxygens (including phenoxy) is 1. The molecule has 1 aliphatic rings. The Morgan fingerprint density at radius 3 is 2.44 bits per heavy atom. The highest BCUT2D eigenvalue weighted by Crippen LogP contribution is 2.33. The van der Waals surface area contributed by atoms with Gasteiger partial charge in [0.05, 0.1) is 18.0 Å². The first-order valence-electron chi connectivity index (χ1n) is 13.8. The van der Waals surface area contributed by atoms with Gasteiger partial charge in [0.25, 0.3) is 0 Å². The van der Waals surface area contributed by atoms with Crippen LogP contribution in [-0.4, -0.2) is 48.9 Å². The van der Waals surface area contributed by atoms with Gasteiger partial charge in [0.15, 0.2) is 11.5 Å². The van der Waals surface area contributed by atoms with E-state index in [2.05, 4.69) is 17.0 Å². The molecule has 3 heterocycles. The molecule has 39 heavy (non-hydrogen) atoms. The number of benzene rings is 1. The molecule has 0 N–H and O–H groups in total. The predicted octanol–water partition coefficient (Wildman–Crippen LogP) is 5.63. The Hall–Kier alpha value is -4.01.